The van der Waals surface area contributed by atoms with Gasteiger partial charge in [-0.2, -0.15) is 0 Å². The fourth-order valence-corrected chi connectivity index (χ4v) is 5.17. The van der Waals surface area contributed by atoms with Crippen LogP contribution in [0.3, 0.4) is 0 Å². The third-order valence-corrected chi connectivity index (χ3v) is 6.69. The number of para-hydroxylation sites is 1. The number of ether oxygens (including phenoxy) is 3. The monoisotopic (exact) mass is 486 g/mol. The molecule has 0 unspecified atom stereocenters. The van der Waals surface area contributed by atoms with Crippen LogP contribution in [0.4, 0.5) is 0 Å². The highest BCUT2D eigenvalue weighted by atomic mass is 32.1. The lowest BCUT2D eigenvalue weighted by Crippen LogP contribution is -2.28. The fraction of sp³-hybridized carbons (Fsp3) is 0.400. The molecule has 3 aromatic rings. The molecule has 1 aromatic carbocycles. The number of methoxy groups -OCH3 is 1. The first-order chi connectivity index (χ1) is 16.2. The molecule has 0 aliphatic rings. The minimum Gasteiger partial charge on any atom is -0.496 e. The zero-order chi connectivity index (χ0) is 25.0. The van der Waals surface area contributed by atoms with Crippen molar-refractivity contribution >= 4 is 33.3 Å². The summed E-state index contributed by atoms with van der Waals surface area (Å²) in [6, 6.07) is 7.59. The maximum Gasteiger partial charge on any atom is 0.348 e. The number of carbonyl (C=O) groups is 2. The Hall–Kier alpha value is -3.17. The van der Waals surface area contributed by atoms with Gasteiger partial charge in [0.25, 0.3) is 5.56 Å². The number of hydrogen-bond donors (Lipinski definition) is 1. The predicted octanol–water partition coefficient (Wildman–Crippen LogP) is 3.75. The van der Waals surface area contributed by atoms with Gasteiger partial charge in [-0.25, -0.2) is 4.79 Å². The molecule has 1 atom stereocenters. The van der Waals surface area contributed by atoms with Gasteiger partial charge in [0, 0.05) is 22.9 Å². The van der Waals surface area contributed by atoms with E-state index < -0.39 is 18.0 Å². The van der Waals surface area contributed by atoms with Crippen molar-refractivity contribution in [3.05, 3.63) is 62.4 Å². The Morgan fingerprint density at radius 1 is 1.21 bits per heavy atom. The van der Waals surface area contributed by atoms with E-state index in [2.05, 4.69) is 0 Å². The molecule has 2 aromatic heterocycles. The average molecular weight is 487 g/mol. The zero-order valence-corrected chi connectivity index (χ0v) is 20.9. The van der Waals surface area contributed by atoms with Crippen LogP contribution in [0.5, 0.6) is 5.75 Å². The van der Waals surface area contributed by atoms with Gasteiger partial charge in [0.2, 0.25) is 5.91 Å². The molecule has 0 saturated heterocycles. The summed E-state index contributed by atoms with van der Waals surface area (Å²) in [5.74, 6) is -0.428. The third kappa shape index (κ3) is 5.31. The molecule has 2 heterocycles. The summed E-state index contributed by atoms with van der Waals surface area (Å²) in [5, 5.41) is 0.384. The van der Waals surface area contributed by atoms with E-state index in [0.717, 1.165) is 11.1 Å². The fourth-order valence-electron chi connectivity index (χ4n) is 3.96. The van der Waals surface area contributed by atoms with Gasteiger partial charge in [0.05, 0.1) is 31.3 Å². The molecule has 3 rings (SSSR count). The lowest BCUT2D eigenvalue weighted by molar-refractivity contribution is -0.118. The second kappa shape index (κ2) is 10.8. The summed E-state index contributed by atoms with van der Waals surface area (Å²) in [6.07, 6.45) is 1.54. The molecule has 34 heavy (non-hydrogen) atoms. The molecule has 0 saturated carbocycles. The molecule has 0 aliphatic heterocycles. The van der Waals surface area contributed by atoms with Gasteiger partial charge in [-0.3, -0.25) is 9.59 Å². The molecule has 182 valence electrons. The van der Waals surface area contributed by atoms with Gasteiger partial charge in [-0.1, -0.05) is 18.2 Å². The number of aryl methyl sites for hydroxylation is 1. The van der Waals surface area contributed by atoms with Crippen molar-refractivity contribution < 1.29 is 23.8 Å². The van der Waals surface area contributed by atoms with E-state index in [1.807, 2.05) is 38.1 Å². The lowest BCUT2D eigenvalue weighted by atomic mass is 9.99. The first-order valence-electron chi connectivity index (χ1n) is 11.1. The van der Waals surface area contributed by atoms with Gasteiger partial charge in [0.1, 0.15) is 17.2 Å². The van der Waals surface area contributed by atoms with E-state index in [1.165, 1.54) is 15.9 Å². The SMILES string of the molecule is CCOC(=O)c1sc2c(C[C@H](OC(C)C)c3ccccc3OC)cn(CC(N)=O)c(=O)c2c1C. The smallest absolute Gasteiger partial charge is 0.348 e. The van der Waals surface area contributed by atoms with Crippen LogP contribution >= 0.6 is 11.3 Å². The van der Waals surface area contributed by atoms with E-state index >= 15 is 0 Å². The predicted molar refractivity (Wildman–Crippen MR) is 132 cm³/mol. The van der Waals surface area contributed by atoms with E-state index in [-0.39, 0.29) is 24.8 Å². The van der Waals surface area contributed by atoms with E-state index in [9.17, 15) is 14.4 Å². The molecule has 2 N–H and O–H groups in total. The zero-order valence-electron chi connectivity index (χ0n) is 20.0. The molecule has 8 nitrogen and oxygen atoms in total. The number of esters is 1. The summed E-state index contributed by atoms with van der Waals surface area (Å²) >= 11 is 1.22. The number of carbonyl (C=O) groups excluding carboxylic acids is 2. The number of nitrogens with zero attached hydrogens (tertiary/aromatic N) is 1. The first-order valence-corrected chi connectivity index (χ1v) is 11.9. The van der Waals surface area contributed by atoms with Crippen LogP contribution in [0.25, 0.3) is 10.1 Å². The van der Waals surface area contributed by atoms with Crippen LogP contribution in [0, 0.1) is 6.92 Å². The van der Waals surface area contributed by atoms with Gasteiger partial charge in [0.15, 0.2) is 0 Å². The number of fused-ring (bicyclic) bond motifs is 1. The maximum absolute atomic E-state index is 13.2. The highest BCUT2D eigenvalue weighted by Crippen LogP contribution is 2.36. The van der Waals surface area contributed by atoms with Crippen molar-refractivity contribution in [2.24, 2.45) is 5.73 Å². The molecule has 0 spiro atoms. The van der Waals surface area contributed by atoms with Crippen LogP contribution in [0.15, 0.2) is 35.3 Å². The van der Waals surface area contributed by atoms with Crippen LogP contribution in [-0.2, 0) is 27.2 Å². The van der Waals surface area contributed by atoms with Crippen LogP contribution < -0.4 is 16.0 Å². The highest BCUT2D eigenvalue weighted by Gasteiger charge is 2.25. The van der Waals surface area contributed by atoms with Gasteiger partial charge < -0.3 is 24.5 Å². The summed E-state index contributed by atoms with van der Waals surface area (Å²) in [7, 11) is 1.60. The van der Waals surface area contributed by atoms with Gasteiger partial charge >= 0.3 is 5.97 Å². The second-order valence-corrected chi connectivity index (χ2v) is 9.17. The number of rotatable bonds is 10. The topological polar surface area (TPSA) is 110 Å². The molecule has 0 radical (unpaired) electrons. The van der Waals surface area contributed by atoms with Crippen LogP contribution in [0.2, 0.25) is 0 Å². The number of hydrogen-bond acceptors (Lipinski definition) is 7. The summed E-state index contributed by atoms with van der Waals surface area (Å²) in [5.41, 5.74) is 7.18. The summed E-state index contributed by atoms with van der Waals surface area (Å²) < 4.78 is 19.0. The summed E-state index contributed by atoms with van der Waals surface area (Å²) in [4.78, 5) is 37.8. The van der Waals surface area contributed by atoms with Crippen molar-refractivity contribution in [3.8, 4) is 5.75 Å². The third-order valence-electron chi connectivity index (χ3n) is 5.34. The number of benzene rings is 1. The van der Waals surface area contributed by atoms with Gasteiger partial charge in [-0.15, -0.1) is 11.3 Å². The van der Waals surface area contributed by atoms with Gasteiger partial charge in [-0.05, 0) is 44.9 Å². The minimum absolute atomic E-state index is 0.0814. The first kappa shape index (κ1) is 25.5. The molecule has 0 bridgehead atoms. The average Bonchev–Trinajstić information content (AvgIpc) is 3.13. The van der Waals surface area contributed by atoms with Crippen LogP contribution in [-0.4, -0.2) is 36.3 Å². The second-order valence-electron chi connectivity index (χ2n) is 8.15. The van der Waals surface area contributed by atoms with Crippen LogP contribution in [0.1, 0.15) is 53.2 Å². The van der Waals surface area contributed by atoms with Crippen molar-refractivity contribution in [2.45, 2.75) is 52.9 Å². The largest absolute Gasteiger partial charge is 0.496 e. The highest BCUT2D eigenvalue weighted by molar-refractivity contribution is 7.21. The number of amides is 1. The summed E-state index contributed by atoms with van der Waals surface area (Å²) in [6.45, 7) is 7.29. The quantitative estimate of drug-likeness (QED) is 0.437. The number of nitrogens with two attached hydrogens (primary N) is 1. The van der Waals surface area contributed by atoms with E-state index in [1.54, 1.807) is 27.2 Å². The molecule has 9 heteroatoms. The molecular weight excluding hydrogens is 456 g/mol. The number of pyridine rings is 1. The number of thiophene rings is 1. The van der Waals surface area contributed by atoms with Crippen molar-refractivity contribution in [3.63, 3.8) is 0 Å². The van der Waals surface area contributed by atoms with E-state index in [4.69, 9.17) is 19.9 Å². The normalized spacial score (nSPS) is 12.2. The molecule has 1 amide bonds. The molecular formula is C25H30N2O6S. The molecule has 0 aliphatic carbocycles. The Morgan fingerprint density at radius 2 is 1.91 bits per heavy atom. The number of primary amides is 1. The van der Waals surface area contributed by atoms with E-state index in [0.29, 0.717) is 32.7 Å². The standard InChI is InChI=1S/C25H30N2O6S/c1-6-32-25(30)22-15(4)21-23(34-22)16(12-27(24(21)29)13-20(26)28)11-19(33-14(2)3)17-9-7-8-10-18(17)31-5/h7-10,12,14,19H,6,11,13H2,1-5H3,(H2,26,28)/t19-/m0/s1. The Bertz CT molecular complexity index is 1260. The lowest BCUT2D eigenvalue weighted by Gasteiger charge is -2.23. The number of aromatic nitrogens is 1. The maximum atomic E-state index is 13.2. The minimum atomic E-state index is -0.634. The van der Waals surface area contributed by atoms with Crippen molar-refractivity contribution in [1.29, 1.82) is 0 Å². The Balaban J connectivity index is 2.23. The Morgan fingerprint density at radius 3 is 2.53 bits per heavy atom. The van der Waals surface area contributed by atoms with Crippen molar-refractivity contribution in [1.82, 2.24) is 4.57 Å². The Labute approximate surface area is 202 Å². The van der Waals surface area contributed by atoms with Crippen molar-refractivity contribution in [2.75, 3.05) is 13.7 Å². The Kier molecular flexibility index (Phi) is 8.11. The molecule has 0 fully saturated rings.